The Kier molecular flexibility index (Phi) is 3.97. The molecule has 0 saturated heterocycles. The smallest absolute Gasteiger partial charge is 0.0943 e. The molecule has 0 aliphatic rings. The summed E-state index contributed by atoms with van der Waals surface area (Å²) in [7, 11) is 0. The van der Waals surface area contributed by atoms with Crippen LogP contribution in [-0.4, -0.2) is 11.0 Å². The summed E-state index contributed by atoms with van der Waals surface area (Å²) in [5.74, 6) is 0. The lowest BCUT2D eigenvalue weighted by molar-refractivity contribution is 0.667. The third-order valence-electron chi connectivity index (χ3n) is 2.20. The molecule has 0 fully saturated rings. The molecule has 86 valence electrons. The molecule has 2 heterocycles. The van der Waals surface area contributed by atoms with E-state index >= 15 is 0 Å². The van der Waals surface area contributed by atoms with Gasteiger partial charge in [-0.3, -0.25) is 0 Å². The molecule has 5 heteroatoms. The Morgan fingerprint density at radius 3 is 2.81 bits per heavy atom. The molecule has 2 rings (SSSR count). The molecular weight excluding hydrogens is 260 g/mol. The van der Waals surface area contributed by atoms with Gasteiger partial charge in [-0.1, -0.05) is 11.6 Å². The molecule has 0 aliphatic carbocycles. The number of aromatic nitrogens is 1. The Morgan fingerprint density at radius 2 is 2.25 bits per heavy atom. The Morgan fingerprint density at radius 1 is 1.44 bits per heavy atom. The van der Waals surface area contributed by atoms with Crippen LogP contribution in [0.4, 0.5) is 0 Å². The van der Waals surface area contributed by atoms with E-state index in [4.69, 9.17) is 17.3 Å². The average Bonchev–Trinajstić information content (AvgIpc) is 2.76. The van der Waals surface area contributed by atoms with Crippen LogP contribution in [0.2, 0.25) is 4.34 Å². The van der Waals surface area contributed by atoms with Crippen LogP contribution in [0.15, 0.2) is 17.5 Å². The number of thiazole rings is 1. The minimum atomic E-state index is 0.125. The lowest BCUT2D eigenvalue weighted by atomic mass is 10.1. The maximum atomic E-state index is 6.09. The van der Waals surface area contributed by atoms with Crippen LogP contribution in [0.5, 0.6) is 0 Å². The highest BCUT2D eigenvalue weighted by Gasteiger charge is 2.09. The van der Waals surface area contributed by atoms with Gasteiger partial charge in [0.2, 0.25) is 0 Å². The number of nitrogens with zero attached hydrogens (tertiary/aromatic N) is 1. The van der Waals surface area contributed by atoms with Gasteiger partial charge in [-0.2, -0.15) is 0 Å². The van der Waals surface area contributed by atoms with E-state index in [2.05, 4.69) is 10.4 Å². The highest BCUT2D eigenvalue weighted by atomic mass is 35.5. The van der Waals surface area contributed by atoms with Gasteiger partial charge < -0.3 is 5.73 Å². The monoisotopic (exact) mass is 272 g/mol. The van der Waals surface area contributed by atoms with Crippen LogP contribution in [0.3, 0.4) is 0 Å². The fourth-order valence-electron chi connectivity index (χ4n) is 1.51. The van der Waals surface area contributed by atoms with Crippen molar-refractivity contribution in [2.75, 3.05) is 0 Å². The van der Waals surface area contributed by atoms with E-state index in [1.54, 1.807) is 22.7 Å². The third kappa shape index (κ3) is 3.28. The fraction of sp³-hybridized carbons (Fsp3) is 0.364. The van der Waals surface area contributed by atoms with Gasteiger partial charge in [0.15, 0.2) is 0 Å². The Balaban J connectivity index is 1.91. The predicted molar refractivity (Wildman–Crippen MR) is 71.6 cm³/mol. The highest BCUT2D eigenvalue weighted by molar-refractivity contribution is 7.16. The van der Waals surface area contributed by atoms with Crippen molar-refractivity contribution < 1.29 is 0 Å². The average molecular weight is 273 g/mol. The molecule has 0 aromatic carbocycles. The first-order valence-electron chi connectivity index (χ1n) is 5.04. The van der Waals surface area contributed by atoms with Crippen molar-refractivity contribution in [3.8, 4) is 0 Å². The first kappa shape index (κ1) is 12.0. The van der Waals surface area contributed by atoms with Crippen molar-refractivity contribution in [1.82, 2.24) is 4.98 Å². The molecule has 0 bridgehead atoms. The zero-order valence-corrected chi connectivity index (χ0v) is 11.3. The number of halogens is 1. The topological polar surface area (TPSA) is 38.9 Å². The van der Waals surface area contributed by atoms with Crippen LogP contribution < -0.4 is 5.73 Å². The standard InChI is InChI=1S/C11H13ClN2S2/c1-7-6-15-11(14-7)5-8(13)4-9-2-3-10(12)16-9/h2-3,6,8H,4-5,13H2,1H3. The summed E-state index contributed by atoms with van der Waals surface area (Å²) in [6, 6.07) is 4.09. The normalized spacial score (nSPS) is 12.9. The molecule has 16 heavy (non-hydrogen) atoms. The molecule has 1 atom stereocenters. The zero-order chi connectivity index (χ0) is 11.5. The molecule has 1 unspecified atom stereocenters. The first-order chi connectivity index (χ1) is 7.63. The van der Waals surface area contributed by atoms with Gasteiger partial charge in [-0.05, 0) is 25.5 Å². The molecular formula is C11H13ClN2S2. The van der Waals surface area contributed by atoms with E-state index in [1.165, 1.54) is 4.88 Å². The largest absolute Gasteiger partial charge is 0.327 e. The van der Waals surface area contributed by atoms with Gasteiger partial charge in [-0.25, -0.2) is 4.98 Å². The van der Waals surface area contributed by atoms with Crippen LogP contribution in [0, 0.1) is 6.92 Å². The molecule has 0 spiro atoms. The summed E-state index contributed by atoms with van der Waals surface area (Å²) in [6.45, 7) is 2.00. The number of hydrogen-bond donors (Lipinski definition) is 1. The maximum absolute atomic E-state index is 6.09. The first-order valence-corrected chi connectivity index (χ1v) is 7.11. The zero-order valence-electron chi connectivity index (χ0n) is 8.94. The SMILES string of the molecule is Cc1csc(CC(N)Cc2ccc(Cl)s2)n1. The van der Waals surface area contributed by atoms with E-state index < -0.39 is 0 Å². The van der Waals surface area contributed by atoms with Crippen LogP contribution in [0.1, 0.15) is 15.6 Å². The molecule has 2 aromatic rings. The highest BCUT2D eigenvalue weighted by Crippen LogP contribution is 2.23. The van der Waals surface area contributed by atoms with E-state index in [0.717, 1.165) is 27.9 Å². The van der Waals surface area contributed by atoms with Crippen molar-refractivity contribution in [2.24, 2.45) is 5.73 Å². The van der Waals surface area contributed by atoms with Crippen LogP contribution >= 0.6 is 34.3 Å². The molecule has 0 radical (unpaired) electrons. The molecule has 0 amide bonds. The van der Waals surface area contributed by atoms with Gasteiger partial charge in [-0.15, -0.1) is 22.7 Å². The van der Waals surface area contributed by atoms with Crippen molar-refractivity contribution in [3.05, 3.63) is 37.4 Å². The minimum absolute atomic E-state index is 0.125. The second kappa shape index (κ2) is 5.27. The van der Waals surface area contributed by atoms with Crippen molar-refractivity contribution in [3.63, 3.8) is 0 Å². The maximum Gasteiger partial charge on any atom is 0.0943 e. The number of hydrogen-bond acceptors (Lipinski definition) is 4. The van der Waals surface area contributed by atoms with E-state index in [9.17, 15) is 0 Å². The second-order valence-electron chi connectivity index (χ2n) is 3.76. The van der Waals surface area contributed by atoms with Crippen molar-refractivity contribution in [1.29, 1.82) is 0 Å². The van der Waals surface area contributed by atoms with Gasteiger partial charge in [0.25, 0.3) is 0 Å². The van der Waals surface area contributed by atoms with E-state index in [1.807, 2.05) is 19.1 Å². The fourth-order valence-corrected chi connectivity index (χ4v) is 3.56. The van der Waals surface area contributed by atoms with Crippen LogP contribution in [-0.2, 0) is 12.8 Å². The predicted octanol–water partition coefficient (Wildman–Crippen LogP) is 3.28. The lowest BCUT2D eigenvalue weighted by Crippen LogP contribution is -2.25. The molecule has 2 N–H and O–H groups in total. The van der Waals surface area contributed by atoms with Gasteiger partial charge in [0.1, 0.15) is 0 Å². The van der Waals surface area contributed by atoms with Gasteiger partial charge in [0, 0.05) is 28.4 Å². The summed E-state index contributed by atoms with van der Waals surface area (Å²) < 4.78 is 0.826. The Labute approximate surface area is 108 Å². The number of aryl methyl sites for hydroxylation is 1. The van der Waals surface area contributed by atoms with Gasteiger partial charge >= 0.3 is 0 Å². The minimum Gasteiger partial charge on any atom is -0.327 e. The second-order valence-corrected chi connectivity index (χ2v) is 6.50. The lowest BCUT2D eigenvalue weighted by Gasteiger charge is -2.07. The van der Waals surface area contributed by atoms with E-state index in [0.29, 0.717) is 0 Å². The van der Waals surface area contributed by atoms with Crippen molar-refractivity contribution >= 4 is 34.3 Å². The summed E-state index contributed by atoms with van der Waals surface area (Å²) >= 11 is 9.15. The summed E-state index contributed by atoms with van der Waals surface area (Å²) in [5, 5.41) is 3.18. The Hall–Kier alpha value is -0.420. The molecule has 0 aliphatic heterocycles. The molecule has 2 aromatic heterocycles. The number of nitrogens with two attached hydrogens (primary N) is 1. The van der Waals surface area contributed by atoms with Gasteiger partial charge in [0.05, 0.1) is 9.34 Å². The van der Waals surface area contributed by atoms with Crippen LogP contribution in [0.25, 0.3) is 0 Å². The summed E-state index contributed by atoms with van der Waals surface area (Å²) in [6.07, 6.45) is 1.71. The third-order valence-corrected chi connectivity index (χ3v) is 4.44. The van der Waals surface area contributed by atoms with E-state index in [-0.39, 0.29) is 6.04 Å². The number of thiophene rings is 1. The quantitative estimate of drug-likeness (QED) is 0.928. The Bertz CT molecular complexity index is 422. The molecule has 2 nitrogen and oxygen atoms in total. The number of rotatable bonds is 4. The van der Waals surface area contributed by atoms with Crippen molar-refractivity contribution in [2.45, 2.75) is 25.8 Å². The molecule has 0 saturated carbocycles. The summed E-state index contributed by atoms with van der Waals surface area (Å²) in [4.78, 5) is 5.65. The summed E-state index contributed by atoms with van der Waals surface area (Å²) in [5.41, 5.74) is 7.16.